The van der Waals surface area contributed by atoms with E-state index in [1.54, 1.807) is 6.07 Å². The molecule has 0 radical (unpaired) electrons. The van der Waals surface area contributed by atoms with Gasteiger partial charge in [-0.15, -0.1) is 0 Å². The third-order valence-electron chi connectivity index (χ3n) is 3.41. The van der Waals surface area contributed by atoms with Crippen LogP contribution in [0.3, 0.4) is 0 Å². The summed E-state index contributed by atoms with van der Waals surface area (Å²) >= 11 is -0.529. The molecule has 0 saturated heterocycles. The predicted molar refractivity (Wildman–Crippen MR) is 80.8 cm³/mol. The Bertz CT molecular complexity index is 739. The highest BCUT2D eigenvalue weighted by Crippen LogP contribution is 2.43. The zero-order valence-electron chi connectivity index (χ0n) is 12.9. The number of nitrogens with two attached hydrogens (primary N) is 1. The van der Waals surface area contributed by atoms with Crippen LogP contribution in [0.25, 0.3) is 0 Å². The lowest BCUT2D eigenvalue weighted by atomic mass is 10.0. The Hall–Kier alpha value is -2.06. The minimum absolute atomic E-state index is 0.151. The van der Waals surface area contributed by atoms with Gasteiger partial charge in [-0.1, -0.05) is 0 Å². The molecule has 0 fully saturated rings. The molecule has 1 aliphatic heterocycles. The number of hydrazine groups is 1. The van der Waals surface area contributed by atoms with E-state index >= 15 is 0 Å². The van der Waals surface area contributed by atoms with Crippen LogP contribution >= 0.6 is 11.8 Å². The van der Waals surface area contributed by atoms with Crippen LogP contribution in [0, 0.1) is 25.2 Å². The Balaban J connectivity index is 2.51. The van der Waals surface area contributed by atoms with Crippen molar-refractivity contribution in [2.75, 3.05) is 5.01 Å². The van der Waals surface area contributed by atoms with Crippen molar-refractivity contribution >= 4 is 17.4 Å². The molecule has 4 nitrogen and oxygen atoms in total. The van der Waals surface area contributed by atoms with Crippen LogP contribution in [0.5, 0.6) is 0 Å². The topological polar surface area (TPSA) is 65.1 Å². The molecular formula is C14H12F6N4S. The Morgan fingerprint density at radius 1 is 1.16 bits per heavy atom. The van der Waals surface area contributed by atoms with Crippen molar-refractivity contribution in [2.24, 2.45) is 5.73 Å². The van der Waals surface area contributed by atoms with Crippen LogP contribution in [-0.2, 0) is 6.18 Å². The van der Waals surface area contributed by atoms with Crippen LogP contribution in [-0.4, -0.2) is 11.6 Å². The van der Waals surface area contributed by atoms with Crippen molar-refractivity contribution in [3.05, 3.63) is 39.5 Å². The average Bonchev–Trinajstić information content (AvgIpc) is 2.73. The Labute approximate surface area is 143 Å². The van der Waals surface area contributed by atoms with Gasteiger partial charge in [0.25, 0.3) is 0 Å². The summed E-state index contributed by atoms with van der Waals surface area (Å²) in [6.07, 6.45) is -4.56. The third-order valence-corrected chi connectivity index (χ3v) is 4.31. The molecule has 136 valence electrons. The number of anilines is 1. The van der Waals surface area contributed by atoms with E-state index in [-0.39, 0.29) is 22.6 Å². The second-order valence-electron chi connectivity index (χ2n) is 5.28. The van der Waals surface area contributed by atoms with Crippen LogP contribution in [0.1, 0.15) is 16.7 Å². The van der Waals surface area contributed by atoms with E-state index in [1.807, 2.05) is 0 Å². The molecule has 0 bridgehead atoms. The lowest BCUT2D eigenvalue weighted by Crippen LogP contribution is -2.39. The average molecular weight is 382 g/mol. The van der Waals surface area contributed by atoms with Gasteiger partial charge in [-0.05, 0) is 48.9 Å². The van der Waals surface area contributed by atoms with Crippen molar-refractivity contribution in [2.45, 2.75) is 31.6 Å². The molecule has 1 atom stereocenters. The molecular weight excluding hydrogens is 370 g/mol. The van der Waals surface area contributed by atoms with Gasteiger partial charge in [-0.25, -0.2) is 5.43 Å². The number of nitrogens with one attached hydrogen (secondary N) is 1. The van der Waals surface area contributed by atoms with E-state index in [0.29, 0.717) is 0 Å². The minimum Gasteiger partial charge on any atom is -0.383 e. The fourth-order valence-corrected chi connectivity index (χ4v) is 3.16. The van der Waals surface area contributed by atoms with Gasteiger partial charge in [-0.3, -0.25) is 5.01 Å². The number of rotatable bonds is 2. The zero-order valence-corrected chi connectivity index (χ0v) is 13.7. The SMILES string of the molecule is Cc1cc(C(F)(F)F)cc(C)c1N1NC(C#N)C(SC(F)(F)F)=C1N. The number of benzene rings is 1. The second-order valence-corrected chi connectivity index (χ2v) is 6.39. The van der Waals surface area contributed by atoms with Crippen LogP contribution in [0.15, 0.2) is 22.9 Å². The first-order chi connectivity index (χ1) is 11.3. The van der Waals surface area contributed by atoms with Crippen molar-refractivity contribution in [3.63, 3.8) is 0 Å². The largest absolute Gasteiger partial charge is 0.446 e. The lowest BCUT2D eigenvalue weighted by molar-refractivity contribution is -0.137. The van der Waals surface area contributed by atoms with Gasteiger partial charge in [0.05, 0.1) is 22.2 Å². The lowest BCUT2D eigenvalue weighted by Gasteiger charge is -2.25. The summed E-state index contributed by atoms with van der Waals surface area (Å²) < 4.78 is 76.6. The third kappa shape index (κ3) is 3.96. The molecule has 1 unspecified atom stereocenters. The maximum atomic E-state index is 12.9. The molecule has 1 aromatic rings. The zero-order chi connectivity index (χ0) is 19.2. The molecule has 2 rings (SSSR count). The van der Waals surface area contributed by atoms with Gasteiger partial charge >= 0.3 is 11.7 Å². The Morgan fingerprint density at radius 3 is 2.08 bits per heavy atom. The molecule has 25 heavy (non-hydrogen) atoms. The fraction of sp³-hybridized carbons (Fsp3) is 0.357. The highest BCUT2D eigenvalue weighted by molar-refractivity contribution is 8.04. The number of hydrogen-bond acceptors (Lipinski definition) is 5. The first-order valence-corrected chi connectivity index (χ1v) is 7.56. The van der Waals surface area contributed by atoms with Gasteiger partial charge in [0.2, 0.25) is 0 Å². The van der Waals surface area contributed by atoms with Crippen LogP contribution in [0.4, 0.5) is 32.0 Å². The second kappa shape index (κ2) is 6.34. The molecule has 11 heteroatoms. The molecule has 1 heterocycles. The van der Waals surface area contributed by atoms with E-state index < -0.39 is 40.0 Å². The summed E-state index contributed by atoms with van der Waals surface area (Å²) in [7, 11) is 0. The number of nitrogens with zero attached hydrogens (tertiary/aromatic N) is 2. The number of halogens is 6. The summed E-state index contributed by atoms with van der Waals surface area (Å²) in [4.78, 5) is -0.450. The van der Waals surface area contributed by atoms with E-state index in [4.69, 9.17) is 11.0 Å². The number of thioether (sulfide) groups is 1. The van der Waals surface area contributed by atoms with Gasteiger partial charge in [-0.2, -0.15) is 31.6 Å². The summed E-state index contributed by atoms with van der Waals surface area (Å²) in [5, 5.41) is 10.1. The predicted octanol–water partition coefficient (Wildman–Crippen LogP) is 3.92. The molecule has 0 aromatic heterocycles. The highest BCUT2D eigenvalue weighted by atomic mass is 32.2. The van der Waals surface area contributed by atoms with Crippen molar-refractivity contribution in [1.82, 2.24) is 5.43 Å². The number of nitriles is 1. The number of alkyl halides is 6. The minimum atomic E-state index is -4.66. The maximum Gasteiger partial charge on any atom is 0.446 e. The van der Waals surface area contributed by atoms with E-state index in [9.17, 15) is 26.3 Å². The number of hydrogen-bond donors (Lipinski definition) is 2. The van der Waals surface area contributed by atoms with Gasteiger partial charge in [0.1, 0.15) is 11.9 Å². The first kappa shape index (κ1) is 19.3. The quantitative estimate of drug-likeness (QED) is 0.759. The van der Waals surface area contributed by atoms with E-state index in [0.717, 1.165) is 17.1 Å². The van der Waals surface area contributed by atoms with Crippen LogP contribution in [0.2, 0.25) is 0 Å². The van der Waals surface area contributed by atoms with E-state index in [1.165, 1.54) is 13.8 Å². The van der Waals surface area contributed by atoms with Crippen molar-refractivity contribution in [3.8, 4) is 6.07 Å². The number of aryl methyl sites for hydroxylation is 2. The molecule has 1 aromatic carbocycles. The highest BCUT2D eigenvalue weighted by Gasteiger charge is 2.41. The standard InChI is InChI=1S/C14H12F6N4S/c1-6-3-8(13(15,16)17)4-7(2)10(6)24-12(22)11(9(5-21)23-24)25-14(18,19)20/h3-4,9,23H,22H2,1-2H3. The molecule has 0 aliphatic carbocycles. The first-order valence-electron chi connectivity index (χ1n) is 6.75. The monoisotopic (exact) mass is 382 g/mol. The molecule has 0 spiro atoms. The normalized spacial score (nSPS) is 18.7. The summed E-state index contributed by atoms with van der Waals surface area (Å²) in [5.41, 5.74) is 3.16. The summed E-state index contributed by atoms with van der Waals surface area (Å²) in [5.74, 6) is -0.375. The fourth-order valence-electron chi connectivity index (χ4n) is 2.50. The summed E-state index contributed by atoms with van der Waals surface area (Å²) in [6.45, 7) is 2.76. The van der Waals surface area contributed by atoms with Gasteiger partial charge in [0, 0.05) is 0 Å². The maximum absolute atomic E-state index is 12.9. The van der Waals surface area contributed by atoms with Crippen molar-refractivity contribution in [1.29, 1.82) is 5.26 Å². The van der Waals surface area contributed by atoms with Crippen LogP contribution < -0.4 is 16.2 Å². The molecule has 3 N–H and O–H groups in total. The van der Waals surface area contributed by atoms with Gasteiger partial charge in [0.15, 0.2) is 0 Å². The Kier molecular flexibility index (Phi) is 4.89. The van der Waals surface area contributed by atoms with E-state index in [2.05, 4.69) is 5.43 Å². The molecule has 0 amide bonds. The van der Waals surface area contributed by atoms with Gasteiger partial charge < -0.3 is 5.73 Å². The van der Waals surface area contributed by atoms with Crippen molar-refractivity contribution < 1.29 is 26.3 Å². The molecule has 0 saturated carbocycles. The Morgan fingerprint density at radius 2 is 1.68 bits per heavy atom. The summed E-state index contributed by atoms with van der Waals surface area (Å²) in [6, 6.07) is 2.03. The smallest absolute Gasteiger partial charge is 0.383 e. The molecule has 1 aliphatic rings.